The lowest BCUT2D eigenvalue weighted by atomic mass is 10.3. The molecule has 0 atom stereocenters. The third kappa shape index (κ3) is 3.39. The molecule has 20 heavy (non-hydrogen) atoms. The zero-order valence-electron chi connectivity index (χ0n) is 10.6. The summed E-state index contributed by atoms with van der Waals surface area (Å²) >= 11 is 7.32. The van der Waals surface area contributed by atoms with Gasteiger partial charge in [-0.15, -0.1) is 11.8 Å². The van der Waals surface area contributed by atoms with Crippen LogP contribution in [0.1, 0.15) is 0 Å². The van der Waals surface area contributed by atoms with Gasteiger partial charge in [0.15, 0.2) is 0 Å². The normalized spacial score (nSPS) is 11.3. The fraction of sp³-hybridized carbons (Fsp3) is 0.0769. The van der Waals surface area contributed by atoms with Crippen LogP contribution in [0.4, 0.5) is 11.4 Å². The maximum atomic E-state index is 12.2. The van der Waals surface area contributed by atoms with Gasteiger partial charge in [0.05, 0.1) is 15.6 Å². The minimum atomic E-state index is -3.68. The van der Waals surface area contributed by atoms with Crippen molar-refractivity contribution in [1.82, 2.24) is 0 Å². The van der Waals surface area contributed by atoms with Crippen molar-refractivity contribution >= 4 is 44.8 Å². The quantitative estimate of drug-likeness (QED) is 0.666. The Bertz CT molecular complexity index is 733. The molecule has 2 rings (SSSR count). The van der Waals surface area contributed by atoms with Crippen LogP contribution in [0.3, 0.4) is 0 Å². The fourth-order valence-corrected chi connectivity index (χ4v) is 3.25. The van der Waals surface area contributed by atoms with Gasteiger partial charge in [0.25, 0.3) is 10.0 Å². The summed E-state index contributed by atoms with van der Waals surface area (Å²) in [6.07, 6.45) is 1.92. The molecule has 2 aromatic carbocycles. The smallest absolute Gasteiger partial charge is 0.261 e. The highest BCUT2D eigenvalue weighted by molar-refractivity contribution is 7.98. The summed E-state index contributed by atoms with van der Waals surface area (Å²) in [6, 6.07) is 11.4. The van der Waals surface area contributed by atoms with E-state index >= 15 is 0 Å². The van der Waals surface area contributed by atoms with Crippen LogP contribution in [-0.4, -0.2) is 14.7 Å². The first-order valence-corrected chi connectivity index (χ1v) is 8.73. The van der Waals surface area contributed by atoms with Crippen LogP contribution in [0.5, 0.6) is 0 Å². The first kappa shape index (κ1) is 15.0. The maximum absolute atomic E-state index is 12.2. The van der Waals surface area contributed by atoms with Crippen LogP contribution >= 0.6 is 23.4 Å². The van der Waals surface area contributed by atoms with Gasteiger partial charge < -0.3 is 5.73 Å². The molecule has 2 aromatic rings. The molecule has 0 heterocycles. The number of nitrogens with two attached hydrogens (primary N) is 1. The maximum Gasteiger partial charge on any atom is 0.261 e. The molecule has 0 aromatic heterocycles. The first-order chi connectivity index (χ1) is 9.42. The molecular formula is C13H13ClN2O2S2. The zero-order valence-corrected chi connectivity index (χ0v) is 13.0. The van der Waals surface area contributed by atoms with Crippen molar-refractivity contribution in [2.24, 2.45) is 0 Å². The summed E-state index contributed by atoms with van der Waals surface area (Å²) in [6.45, 7) is 0. The van der Waals surface area contributed by atoms with Gasteiger partial charge in [0, 0.05) is 10.6 Å². The number of nitrogens with one attached hydrogen (secondary N) is 1. The van der Waals surface area contributed by atoms with E-state index in [1.54, 1.807) is 18.2 Å². The highest BCUT2D eigenvalue weighted by atomic mass is 35.5. The van der Waals surface area contributed by atoms with E-state index in [4.69, 9.17) is 17.3 Å². The summed E-state index contributed by atoms with van der Waals surface area (Å²) in [5, 5.41) is 0.327. The van der Waals surface area contributed by atoms with Gasteiger partial charge in [-0.05, 0) is 42.7 Å². The standard InChI is InChI=1S/C13H13ClN2O2S2/c1-19-10-4-2-3-9(7-10)16-20(17,18)11-5-6-12(14)13(15)8-11/h2-8,16H,15H2,1H3. The second-order valence-electron chi connectivity index (χ2n) is 4.02. The van der Waals surface area contributed by atoms with Gasteiger partial charge in [0.2, 0.25) is 0 Å². The number of nitrogen functional groups attached to an aromatic ring is 1. The van der Waals surface area contributed by atoms with Gasteiger partial charge in [-0.1, -0.05) is 17.7 Å². The Balaban J connectivity index is 2.32. The summed E-state index contributed by atoms with van der Waals surface area (Å²) in [4.78, 5) is 1.05. The number of anilines is 2. The molecular weight excluding hydrogens is 316 g/mol. The van der Waals surface area contributed by atoms with Gasteiger partial charge in [-0.25, -0.2) is 8.42 Å². The van der Waals surface area contributed by atoms with Crippen LogP contribution < -0.4 is 10.5 Å². The molecule has 0 amide bonds. The van der Waals surface area contributed by atoms with Gasteiger partial charge in [-0.3, -0.25) is 4.72 Å². The predicted molar refractivity (Wildman–Crippen MR) is 84.9 cm³/mol. The Labute approximate surface area is 127 Å². The van der Waals surface area contributed by atoms with Crippen LogP contribution in [0.25, 0.3) is 0 Å². The topological polar surface area (TPSA) is 72.2 Å². The first-order valence-electron chi connectivity index (χ1n) is 5.64. The molecule has 0 aliphatic heterocycles. The largest absolute Gasteiger partial charge is 0.397 e. The Hall–Kier alpha value is -1.37. The average molecular weight is 329 g/mol. The van der Waals surface area contributed by atoms with E-state index in [-0.39, 0.29) is 10.6 Å². The van der Waals surface area contributed by atoms with E-state index in [0.717, 1.165) is 4.90 Å². The Kier molecular flexibility index (Phi) is 4.47. The van der Waals surface area contributed by atoms with E-state index in [0.29, 0.717) is 10.7 Å². The molecule has 106 valence electrons. The van der Waals surface area contributed by atoms with Crippen LogP contribution in [0.15, 0.2) is 52.3 Å². The van der Waals surface area contributed by atoms with Crippen LogP contribution in [0, 0.1) is 0 Å². The van der Waals surface area contributed by atoms with E-state index in [1.165, 1.54) is 30.0 Å². The van der Waals surface area contributed by atoms with Crippen LogP contribution in [-0.2, 0) is 10.0 Å². The summed E-state index contributed by atoms with van der Waals surface area (Å²) in [5.41, 5.74) is 6.36. The number of rotatable bonds is 4. The lowest BCUT2D eigenvalue weighted by Gasteiger charge is -2.10. The molecule has 0 spiro atoms. The van der Waals surface area contributed by atoms with Crippen molar-refractivity contribution in [3.05, 3.63) is 47.5 Å². The van der Waals surface area contributed by atoms with Gasteiger partial charge in [-0.2, -0.15) is 0 Å². The molecule has 0 unspecified atom stereocenters. The average Bonchev–Trinajstić information content (AvgIpc) is 2.41. The van der Waals surface area contributed by atoms with Gasteiger partial charge >= 0.3 is 0 Å². The zero-order chi connectivity index (χ0) is 14.8. The third-order valence-corrected chi connectivity index (χ3v) is 5.05. The second-order valence-corrected chi connectivity index (χ2v) is 6.99. The van der Waals surface area contributed by atoms with Crippen molar-refractivity contribution in [2.45, 2.75) is 9.79 Å². The Morgan fingerprint density at radius 3 is 2.60 bits per heavy atom. The predicted octanol–water partition coefficient (Wildman–Crippen LogP) is 3.44. The van der Waals surface area contributed by atoms with Crippen LogP contribution in [0.2, 0.25) is 5.02 Å². The van der Waals surface area contributed by atoms with Crippen molar-refractivity contribution in [3.63, 3.8) is 0 Å². The molecule has 0 saturated heterocycles. The summed E-state index contributed by atoms with van der Waals surface area (Å²) in [7, 11) is -3.68. The third-order valence-electron chi connectivity index (χ3n) is 2.60. The van der Waals surface area contributed by atoms with Gasteiger partial charge in [0.1, 0.15) is 0 Å². The molecule has 3 N–H and O–H groups in total. The molecule has 0 aliphatic rings. The molecule has 0 saturated carbocycles. The molecule has 4 nitrogen and oxygen atoms in total. The SMILES string of the molecule is CSc1cccc(NS(=O)(=O)c2ccc(Cl)c(N)c2)c1. The Morgan fingerprint density at radius 2 is 1.95 bits per heavy atom. The Morgan fingerprint density at radius 1 is 1.20 bits per heavy atom. The monoisotopic (exact) mass is 328 g/mol. The number of hydrogen-bond acceptors (Lipinski definition) is 4. The number of sulfonamides is 1. The fourth-order valence-electron chi connectivity index (χ4n) is 1.59. The number of halogens is 1. The lowest BCUT2D eigenvalue weighted by molar-refractivity contribution is 0.601. The van der Waals surface area contributed by atoms with Crippen molar-refractivity contribution in [3.8, 4) is 0 Å². The van der Waals surface area contributed by atoms with E-state index in [1.807, 2.05) is 12.3 Å². The number of hydrogen-bond donors (Lipinski definition) is 2. The van der Waals surface area contributed by atoms with E-state index in [2.05, 4.69) is 4.72 Å². The molecule has 0 bridgehead atoms. The summed E-state index contributed by atoms with van der Waals surface area (Å²) < 4.78 is 27.0. The van der Waals surface area contributed by atoms with E-state index < -0.39 is 10.0 Å². The highest BCUT2D eigenvalue weighted by Crippen LogP contribution is 2.25. The summed E-state index contributed by atoms with van der Waals surface area (Å²) in [5.74, 6) is 0. The van der Waals surface area contributed by atoms with Crippen molar-refractivity contribution in [2.75, 3.05) is 16.7 Å². The molecule has 0 aliphatic carbocycles. The minimum absolute atomic E-state index is 0.0777. The lowest BCUT2D eigenvalue weighted by Crippen LogP contribution is -2.13. The number of thioether (sulfide) groups is 1. The van der Waals surface area contributed by atoms with Crippen molar-refractivity contribution in [1.29, 1.82) is 0 Å². The van der Waals surface area contributed by atoms with E-state index in [9.17, 15) is 8.42 Å². The minimum Gasteiger partial charge on any atom is -0.397 e. The molecule has 0 radical (unpaired) electrons. The molecule has 7 heteroatoms. The molecule has 0 fully saturated rings. The second kappa shape index (κ2) is 5.95. The highest BCUT2D eigenvalue weighted by Gasteiger charge is 2.15. The van der Waals surface area contributed by atoms with Crippen molar-refractivity contribution < 1.29 is 8.42 Å². The number of benzene rings is 2.